The first kappa shape index (κ1) is 18.6. The van der Waals surface area contributed by atoms with Gasteiger partial charge in [-0.15, -0.1) is 0 Å². The van der Waals surface area contributed by atoms with Crippen molar-refractivity contribution in [2.75, 3.05) is 19.8 Å². The number of carboxylic acids is 1. The number of benzene rings is 2. The van der Waals surface area contributed by atoms with Gasteiger partial charge in [-0.3, -0.25) is 0 Å². The lowest BCUT2D eigenvalue weighted by Gasteiger charge is -2.15. The van der Waals surface area contributed by atoms with E-state index in [-0.39, 0.29) is 5.56 Å². The minimum atomic E-state index is -0.999. The smallest absolute Gasteiger partial charge is 0.335 e. The zero-order valence-corrected chi connectivity index (χ0v) is 15.1. The van der Waals surface area contributed by atoms with Gasteiger partial charge in [-0.25, -0.2) is 4.79 Å². The van der Waals surface area contributed by atoms with Crippen LogP contribution in [0.1, 0.15) is 34.0 Å². The molecular formula is C20H24O5. The molecule has 0 unspecified atom stereocenters. The van der Waals surface area contributed by atoms with Crippen molar-refractivity contribution in [1.82, 2.24) is 0 Å². The molecule has 0 aliphatic carbocycles. The second-order valence-electron chi connectivity index (χ2n) is 5.80. The van der Waals surface area contributed by atoms with E-state index in [4.69, 9.17) is 19.3 Å². The minimum absolute atomic E-state index is 0.165. The Hall–Kier alpha value is -2.69. The fourth-order valence-electron chi connectivity index (χ4n) is 2.48. The van der Waals surface area contributed by atoms with Gasteiger partial charge < -0.3 is 19.3 Å². The maximum atomic E-state index is 11.1. The molecule has 1 N–H and O–H groups in total. The number of ether oxygens (including phenoxy) is 3. The van der Waals surface area contributed by atoms with Crippen LogP contribution in [-0.2, 0) is 0 Å². The van der Waals surface area contributed by atoms with Gasteiger partial charge in [0.05, 0.1) is 12.2 Å². The molecule has 25 heavy (non-hydrogen) atoms. The summed E-state index contributed by atoms with van der Waals surface area (Å²) < 4.78 is 17.0. The number of hydrogen-bond donors (Lipinski definition) is 1. The van der Waals surface area contributed by atoms with Gasteiger partial charge in [0.2, 0.25) is 0 Å². The lowest BCUT2D eigenvalue weighted by atomic mass is 10.1. The van der Waals surface area contributed by atoms with Crippen molar-refractivity contribution in [3.63, 3.8) is 0 Å². The molecule has 2 rings (SSSR count). The van der Waals surface area contributed by atoms with Crippen molar-refractivity contribution in [3.05, 3.63) is 52.6 Å². The average molecular weight is 344 g/mol. The Morgan fingerprint density at radius 1 is 0.920 bits per heavy atom. The molecule has 0 atom stereocenters. The third kappa shape index (κ3) is 4.89. The zero-order valence-electron chi connectivity index (χ0n) is 15.1. The van der Waals surface area contributed by atoms with Crippen LogP contribution in [0.25, 0.3) is 0 Å². The van der Waals surface area contributed by atoms with E-state index in [1.807, 2.05) is 26.8 Å². The fourth-order valence-corrected chi connectivity index (χ4v) is 2.48. The summed E-state index contributed by atoms with van der Waals surface area (Å²) in [5.41, 5.74) is 3.63. The largest absolute Gasteiger partial charge is 0.490 e. The Bertz CT molecular complexity index is 752. The van der Waals surface area contributed by atoms with E-state index in [2.05, 4.69) is 13.0 Å². The van der Waals surface area contributed by atoms with Crippen LogP contribution in [0.5, 0.6) is 17.2 Å². The Kier molecular flexibility index (Phi) is 6.28. The van der Waals surface area contributed by atoms with Gasteiger partial charge in [-0.2, -0.15) is 0 Å². The summed E-state index contributed by atoms with van der Waals surface area (Å²) in [6, 6.07) is 8.70. The summed E-state index contributed by atoms with van der Waals surface area (Å²) in [4.78, 5) is 11.1. The maximum Gasteiger partial charge on any atom is 0.335 e. The molecule has 0 saturated carbocycles. The Morgan fingerprint density at radius 3 is 2.24 bits per heavy atom. The van der Waals surface area contributed by atoms with Gasteiger partial charge in [0, 0.05) is 0 Å². The van der Waals surface area contributed by atoms with Crippen molar-refractivity contribution in [3.8, 4) is 17.2 Å². The van der Waals surface area contributed by atoms with Crippen molar-refractivity contribution >= 4 is 5.97 Å². The first-order valence-corrected chi connectivity index (χ1v) is 8.26. The number of aromatic carboxylic acids is 1. The summed E-state index contributed by atoms with van der Waals surface area (Å²) in [5.74, 6) is 0.783. The molecule has 0 aromatic heterocycles. The molecule has 0 spiro atoms. The molecule has 0 radical (unpaired) electrons. The van der Waals surface area contributed by atoms with Gasteiger partial charge in [0.25, 0.3) is 0 Å². The van der Waals surface area contributed by atoms with Crippen LogP contribution >= 0.6 is 0 Å². The van der Waals surface area contributed by atoms with Gasteiger partial charge in [-0.05, 0) is 68.7 Å². The molecule has 2 aromatic rings. The molecular weight excluding hydrogens is 320 g/mol. The van der Waals surface area contributed by atoms with Crippen molar-refractivity contribution in [1.29, 1.82) is 0 Å². The second kappa shape index (κ2) is 8.42. The van der Waals surface area contributed by atoms with E-state index in [0.717, 1.165) is 16.9 Å². The van der Waals surface area contributed by atoms with Crippen LogP contribution in [0.2, 0.25) is 0 Å². The Labute approximate surface area is 148 Å². The number of carboxylic acid groups (broad SMARTS) is 1. The molecule has 0 aliphatic rings. The highest BCUT2D eigenvalue weighted by Crippen LogP contribution is 2.29. The van der Waals surface area contributed by atoms with Crippen LogP contribution in [0.15, 0.2) is 30.3 Å². The molecule has 2 aromatic carbocycles. The SMILES string of the molecule is CCOc1cc(C(=O)O)ccc1OCCOc1cc(C)cc(C)c1C. The minimum Gasteiger partial charge on any atom is -0.490 e. The maximum absolute atomic E-state index is 11.1. The van der Waals surface area contributed by atoms with Crippen LogP contribution in [0.3, 0.4) is 0 Å². The number of aryl methyl sites for hydroxylation is 2. The molecule has 0 saturated heterocycles. The normalized spacial score (nSPS) is 10.4. The van der Waals surface area contributed by atoms with Gasteiger partial charge in [0.15, 0.2) is 11.5 Å². The lowest BCUT2D eigenvalue weighted by Crippen LogP contribution is -2.11. The molecule has 5 heteroatoms. The Balaban J connectivity index is 1.99. The molecule has 5 nitrogen and oxygen atoms in total. The third-order valence-corrected chi connectivity index (χ3v) is 3.85. The average Bonchev–Trinajstić information content (AvgIpc) is 2.56. The van der Waals surface area contributed by atoms with Crippen LogP contribution in [-0.4, -0.2) is 30.9 Å². The number of rotatable bonds is 8. The third-order valence-electron chi connectivity index (χ3n) is 3.85. The first-order chi connectivity index (χ1) is 11.9. The number of carbonyl (C=O) groups is 1. The summed E-state index contributed by atoms with van der Waals surface area (Å²) in [7, 11) is 0. The second-order valence-corrected chi connectivity index (χ2v) is 5.80. The zero-order chi connectivity index (χ0) is 18.4. The number of hydrogen-bond acceptors (Lipinski definition) is 4. The van der Waals surface area contributed by atoms with Gasteiger partial charge >= 0.3 is 5.97 Å². The molecule has 134 valence electrons. The van der Waals surface area contributed by atoms with E-state index in [1.165, 1.54) is 17.7 Å². The quantitative estimate of drug-likeness (QED) is 0.728. The van der Waals surface area contributed by atoms with Crippen molar-refractivity contribution in [2.45, 2.75) is 27.7 Å². The molecule has 0 heterocycles. The van der Waals surface area contributed by atoms with E-state index in [9.17, 15) is 4.79 Å². The highest BCUT2D eigenvalue weighted by molar-refractivity contribution is 5.88. The summed E-state index contributed by atoms with van der Waals surface area (Å²) >= 11 is 0. The highest BCUT2D eigenvalue weighted by Gasteiger charge is 2.11. The van der Waals surface area contributed by atoms with Gasteiger partial charge in [0.1, 0.15) is 19.0 Å². The summed E-state index contributed by atoms with van der Waals surface area (Å²) in [5, 5.41) is 9.06. The summed E-state index contributed by atoms with van der Waals surface area (Å²) in [6.07, 6.45) is 0. The van der Waals surface area contributed by atoms with Crippen LogP contribution < -0.4 is 14.2 Å². The summed E-state index contributed by atoms with van der Waals surface area (Å²) in [6.45, 7) is 9.11. The topological polar surface area (TPSA) is 65.0 Å². The van der Waals surface area contributed by atoms with E-state index >= 15 is 0 Å². The molecule has 0 aliphatic heterocycles. The first-order valence-electron chi connectivity index (χ1n) is 8.26. The molecule has 0 bridgehead atoms. The predicted molar refractivity (Wildman–Crippen MR) is 96.2 cm³/mol. The predicted octanol–water partition coefficient (Wildman–Crippen LogP) is 4.17. The van der Waals surface area contributed by atoms with E-state index in [0.29, 0.717) is 31.3 Å². The van der Waals surface area contributed by atoms with Crippen LogP contribution in [0.4, 0.5) is 0 Å². The van der Waals surface area contributed by atoms with Gasteiger partial charge in [-0.1, -0.05) is 6.07 Å². The molecule has 0 amide bonds. The van der Waals surface area contributed by atoms with E-state index in [1.54, 1.807) is 6.07 Å². The van der Waals surface area contributed by atoms with Crippen molar-refractivity contribution < 1.29 is 24.1 Å². The highest BCUT2D eigenvalue weighted by atomic mass is 16.5. The monoisotopic (exact) mass is 344 g/mol. The standard InChI is InChI=1S/C20H24O5/c1-5-23-19-12-16(20(21)22)6-7-17(19)24-8-9-25-18-11-13(2)10-14(3)15(18)4/h6-7,10-12H,5,8-9H2,1-4H3,(H,21,22). The van der Waals surface area contributed by atoms with E-state index < -0.39 is 5.97 Å². The van der Waals surface area contributed by atoms with Crippen LogP contribution in [0, 0.1) is 20.8 Å². The Morgan fingerprint density at radius 2 is 1.60 bits per heavy atom. The molecule has 0 fully saturated rings. The van der Waals surface area contributed by atoms with Crippen molar-refractivity contribution in [2.24, 2.45) is 0 Å². The lowest BCUT2D eigenvalue weighted by molar-refractivity contribution is 0.0696. The fraction of sp³-hybridized carbons (Fsp3) is 0.350.